The number of aryl methyl sites for hydroxylation is 1. The minimum absolute atomic E-state index is 0.156. The average Bonchev–Trinajstić information content (AvgIpc) is 2.78. The smallest absolute Gasteiger partial charge is 0.337 e. The Balaban J connectivity index is 1.73. The Morgan fingerprint density at radius 1 is 0.967 bits per heavy atom. The lowest BCUT2D eigenvalue weighted by molar-refractivity contribution is 0.0600. The van der Waals surface area contributed by atoms with Crippen LogP contribution in [-0.4, -0.2) is 13.1 Å². The van der Waals surface area contributed by atoms with E-state index >= 15 is 0 Å². The largest absolute Gasteiger partial charge is 0.481 e. The molecule has 0 aliphatic carbocycles. The van der Waals surface area contributed by atoms with Crippen LogP contribution in [0.25, 0.3) is 22.3 Å². The van der Waals surface area contributed by atoms with Gasteiger partial charge in [-0.2, -0.15) is 0 Å². The van der Waals surface area contributed by atoms with Crippen molar-refractivity contribution in [3.05, 3.63) is 99.7 Å². The number of hydrogen-bond acceptors (Lipinski definition) is 5. The summed E-state index contributed by atoms with van der Waals surface area (Å²) in [4.78, 5) is 24.8. The van der Waals surface area contributed by atoms with Gasteiger partial charge >= 0.3 is 5.97 Å². The zero-order valence-corrected chi connectivity index (χ0v) is 16.7. The predicted octanol–water partition coefficient (Wildman–Crippen LogP) is 5.13. The van der Waals surface area contributed by atoms with E-state index in [1.54, 1.807) is 30.3 Å². The van der Waals surface area contributed by atoms with Crippen LogP contribution in [0.4, 0.5) is 0 Å². The summed E-state index contributed by atoms with van der Waals surface area (Å²) in [5.41, 5.74) is 3.32. The summed E-state index contributed by atoms with van der Waals surface area (Å²) < 4.78 is 16.8. The van der Waals surface area contributed by atoms with E-state index in [1.807, 2.05) is 49.4 Å². The fraction of sp³-hybridized carbons (Fsp3) is 0.120. The van der Waals surface area contributed by atoms with E-state index in [4.69, 9.17) is 13.9 Å². The van der Waals surface area contributed by atoms with Gasteiger partial charge in [0.15, 0.2) is 5.76 Å². The molecular weight excluding hydrogens is 380 g/mol. The van der Waals surface area contributed by atoms with Crippen molar-refractivity contribution in [1.82, 2.24) is 0 Å². The van der Waals surface area contributed by atoms with Crippen molar-refractivity contribution >= 4 is 16.9 Å². The van der Waals surface area contributed by atoms with Gasteiger partial charge < -0.3 is 13.9 Å². The lowest BCUT2D eigenvalue weighted by Crippen LogP contribution is -2.10. The summed E-state index contributed by atoms with van der Waals surface area (Å²) in [6.07, 6.45) is 0. The van der Waals surface area contributed by atoms with Crippen LogP contribution < -0.4 is 10.2 Å². The zero-order valence-electron chi connectivity index (χ0n) is 16.7. The first-order valence-corrected chi connectivity index (χ1v) is 9.50. The monoisotopic (exact) mass is 400 g/mol. The van der Waals surface area contributed by atoms with Gasteiger partial charge in [0.05, 0.1) is 18.1 Å². The number of rotatable bonds is 5. The molecule has 5 heteroatoms. The highest BCUT2D eigenvalue weighted by Crippen LogP contribution is 2.31. The molecule has 0 bridgehead atoms. The van der Waals surface area contributed by atoms with Crippen molar-refractivity contribution in [2.45, 2.75) is 13.5 Å². The van der Waals surface area contributed by atoms with Crippen molar-refractivity contribution < 1.29 is 18.7 Å². The van der Waals surface area contributed by atoms with Crippen LogP contribution in [-0.2, 0) is 11.3 Å². The second-order valence-electron chi connectivity index (χ2n) is 6.93. The zero-order chi connectivity index (χ0) is 21.1. The molecule has 1 heterocycles. The van der Waals surface area contributed by atoms with Crippen molar-refractivity contribution in [2.24, 2.45) is 0 Å². The SMILES string of the molecule is COC(=O)c1ccc(COc2c(-c3ccccc3)oc3cc(C)ccc3c2=O)cc1. The molecule has 4 rings (SSSR count). The van der Waals surface area contributed by atoms with Gasteiger partial charge in [-0.05, 0) is 42.3 Å². The topological polar surface area (TPSA) is 65.7 Å². The van der Waals surface area contributed by atoms with E-state index in [-0.39, 0.29) is 17.8 Å². The third kappa shape index (κ3) is 3.82. The van der Waals surface area contributed by atoms with Crippen LogP contribution in [0.1, 0.15) is 21.5 Å². The maximum atomic E-state index is 13.2. The van der Waals surface area contributed by atoms with Crippen LogP contribution >= 0.6 is 0 Å². The number of fused-ring (bicyclic) bond motifs is 1. The van der Waals surface area contributed by atoms with Gasteiger partial charge in [0.25, 0.3) is 0 Å². The minimum Gasteiger partial charge on any atom is -0.481 e. The summed E-state index contributed by atoms with van der Waals surface area (Å²) in [5.74, 6) is 0.152. The lowest BCUT2D eigenvalue weighted by Gasteiger charge is -2.12. The highest BCUT2D eigenvalue weighted by molar-refractivity contribution is 5.89. The third-order valence-electron chi connectivity index (χ3n) is 4.80. The average molecular weight is 400 g/mol. The quantitative estimate of drug-likeness (QED) is 0.434. The van der Waals surface area contributed by atoms with Gasteiger partial charge in [0.2, 0.25) is 11.2 Å². The molecule has 0 saturated carbocycles. The molecule has 0 amide bonds. The fourth-order valence-corrected chi connectivity index (χ4v) is 3.20. The molecular formula is C25H20O5. The van der Waals surface area contributed by atoms with Crippen molar-refractivity contribution in [3.63, 3.8) is 0 Å². The first-order chi connectivity index (χ1) is 14.6. The lowest BCUT2D eigenvalue weighted by atomic mass is 10.1. The maximum Gasteiger partial charge on any atom is 0.337 e. The van der Waals surface area contributed by atoms with Crippen LogP contribution in [0.2, 0.25) is 0 Å². The minimum atomic E-state index is -0.403. The highest BCUT2D eigenvalue weighted by atomic mass is 16.5. The number of ether oxygens (including phenoxy) is 2. The first-order valence-electron chi connectivity index (χ1n) is 9.50. The third-order valence-corrected chi connectivity index (χ3v) is 4.80. The number of carbonyl (C=O) groups excluding carboxylic acids is 1. The molecule has 0 saturated heterocycles. The van der Waals surface area contributed by atoms with Gasteiger partial charge in [0.1, 0.15) is 12.2 Å². The van der Waals surface area contributed by atoms with E-state index in [9.17, 15) is 9.59 Å². The summed E-state index contributed by atoms with van der Waals surface area (Å²) >= 11 is 0. The van der Waals surface area contributed by atoms with Gasteiger partial charge in [0, 0.05) is 5.56 Å². The van der Waals surface area contributed by atoms with E-state index in [1.165, 1.54) is 7.11 Å². The number of carbonyl (C=O) groups is 1. The second kappa shape index (κ2) is 8.25. The Bertz CT molecular complexity index is 1250. The van der Waals surface area contributed by atoms with Crippen LogP contribution in [0.15, 0.2) is 82.0 Å². The van der Waals surface area contributed by atoms with Crippen LogP contribution in [0.3, 0.4) is 0 Å². The van der Waals surface area contributed by atoms with E-state index in [2.05, 4.69) is 0 Å². The molecule has 150 valence electrons. The Kier molecular flexibility index (Phi) is 5.35. The molecule has 0 atom stereocenters. The molecule has 0 N–H and O–H groups in total. The van der Waals surface area contributed by atoms with Crippen molar-refractivity contribution in [3.8, 4) is 17.1 Å². The van der Waals surface area contributed by atoms with Gasteiger partial charge in [-0.3, -0.25) is 4.79 Å². The van der Waals surface area contributed by atoms with Crippen LogP contribution in [0, 0.1) is 6.92 Å². The van der Waals surface area contributed by atoms with E-state index in [0.717, 1.165) is 16.7 Å². The number of hydrogen-bond donors (Lipinski definition) is 0. The molecule has 1 aromatic heterocycles. The second-order valence-corrected chi connectivity index (χ2v) is 6.93. The van der Waals surface area contributed by atoms with E-state index in [0.29, 0.717) is 22.3 Å². The van der Waals surface area contributed by atoms with Crippen LogP contribution in [0.5, 0.6) is 5.75 Å². The molecule has 0 unspecified atom stereocenters. The summed E-state index contributed by atoms with van der Waals surface area (Å²) in [5, 5.41) is 0.469. The molecule has 4 aromatic rings. The Morgan fingerprint density at radius 3 is 2.40 bits per heavy atom. The van der Waals surface area contributed by atoms with Gasteiger partial charge in [-0.25, -0.2) is 4.79 Å². The molecule has 3 aromatic carbocycles. The van der Waals surface area contributed by atoms with Gasteiger partial charge in [-0.1, -0.05) is 48.5 Å². The predicted molar refractivity (Wildman–Crippen MR) is 115 cm³/mol. The van der Waals surface area contributed by atoms with Crippen molar-refractivity contribution in [2.75, 3.05) is 7.11 Å². The fourth-order valence-electron chi connectivity index (χ4n) is 3.20. The molecule has 0 radical (unpaired) electrons. The summed E-state index contributed by atoms with van der Waals surface area (Å²) in [6, 6.07) is 21.7. The standard InChI is InChI=1S/C25H20O5/c1-16-8-13-20-21(14-16)30-23(18-6-4-3-5-7-18)24(22(20)26)29-15-17-9-11-19(12-10-17)25(27)28-2/h3-14H,15H2,1-2H3. The summed E-state index contributed by atoms with van der Waals surface area (Å²) in [7, 11) is 1.34. The molecule has 0 aliphatic rings. The Morgan fingerprint density at radius 2 is 1.70 bits per heavy atom. The first kappa shape index (κ1) is 19.5. The van der Waals surface area contributed by atoms with Gasteiger partial charge in [-0.15, -0.1) is 0 Å². The molecule has 5 nitrogen and oxygen atoms in total. The number of esters is 1. The number of methoxy groups -OCH3 is 1. The highest BCUT2D eigenvalue weighted by Gasteiger charge is 2.18. The normalized spacial score (nSPS) is 10.7. The molecule has 30 heavy (non-hydrogen) atoms. The number of benzene rings is 3. The molecule has 0 spiro atoms. The van der Waals surface area contributed by atoms with Crippen molar-refractivity contribution in [1.29, 1.82) is 0 Å². The van der Waals surface area contributed by atoms with E-state index < -0.39 is 5.97 Å². The Labute approximate surface area is 173 Å². The maximum absolute atomic E-state index is 13.2. The summed E-state index contributed by atoms with van der Waals surface area (Å²) in [6.45, 7) is 2.10. The Hall–Kier alpha value is -3.86. The molecule has 0 aliphatic heterocycles. The molecule has 0 fully saturated rings.